The topological polar surface area (TPSA) is 94.3 Å². The Kier molecular flexibility index (Phi) is 8.07. The number of carbonyl (C=O) groups excluding carboxylic acids is 1. The zero-order chi connectivity index (χ0) is 26.2. The normalized spacial score (nSPS) is 11.0. The SMILES string of the molecule is O=C(CSc1nnc(-c2ccncc2)n1-c1ccc(Cl)cc1)N/N=C/c1cccc(Oc2ccccc2)c1. The molecule has 10 heteroatoms. The van der Waals surface area contributed by atoms with Crippen molar-refractivity contribution in [2.75, 3.05) is 5.75 Å². The maximum absolute atomic E-state index is 12.5. The molecule has 5 aromatic rings. The predicted molar refractivity (Wildman–Crippen MR) is 149 cm³/mol. The summed E-state index contributed by atoms with van der Waals surface area (Å²) in [6.45, 7) is 0. The molecule has 8 nitrogen and oxygen atoms in total. The number of hydrogen-bond donors (Lipinski definition) is 1. The molecule has 38 heavy (non-hydrogen) atoms. The van der Waals surface area contributed by atoms with Crippen LogP contribution in [0.15, 0.2) is 114 Å². The van der Waals surface area contributed by atoms with Gasteiger partial charge in [0.05, 0.1) is 12.0 Å². The fraction of sp³-hybridized carbons (Fsp3) is 0.0357. The van der Waals surface area contributed by atoms with Gasteiger partial charge in [-0.3, -0.25) is 14.3 Å². The fourth-order valence-corrected chi connectivity index (χ4v) is 4.37. The smallest absolute Gasteiger partial charge is 0.250 e. The standard InChI is InChI=1S/C28H21ClN6O2S/c29-22-9-11-23(12-10-22)35-27(21-13-15-30-16-14-21)33-34-28(35)38-19-26(36)32-31-18-20-5-4-8-25(17-20)37-24-6-2-1-3-7-24/h1-18H,19H2,(H,32,36)/b31-18+. The van der Waals surface area contributed by atoms with E-state index in [1.807, 2.05) is 83.4 Å². The summed E-state index contributed by atoms with van der Waals surface area (Å²) in [5.41, 5.74) is 5.02. The molecule has 0 aliphatic heterocycles. The average molecular weight is 541 g/mol. The highest BCUT2D eigenvalue weighted by Crippen LogP contribution is 2.28. The summed E-state index contributed by atoms with van der Waals surface area (Å²) in [4.78, 5) is 16.6. The molecule has 0 radical (unpaired) electrons. The van der Waals surface area contributed by atoms with Crippen LogP contribution in [0.25, 0.3) is 17.1 Å². The summed E-state index contributed by atoms with van der Waals surface area (Å²) in [6.07, 6.45) is 4.95. The lowest BCUT2D eigenvalue weighted by Crippen LogP contribution is -2.20. The first-order valence-electron chi connectivity index (χ1n) is 11.6. The lowest BCUT2D eigenvalue weighted by atomic mass is 10.2. The van der Waals surface area contributed by atoms with E-state index in [9.17, 15) is 4.79 Å². The van der Waals surface area contributed by atoms with E-state index in [2.05, 4.69) is 25.7 Å². The number of rotatable bonds is 9. The second-order valence-corrected chi connectivity index (χ2v) is 9.30. The summed E-state index contributed by atoms with van der Waals surface area (Å²) >= 11 is 7.34. The quantitative estimate of drug-likeness (QED) is 0.140. The maximum Gasteiger partial charge on any atom is 0.250 e. The number of carbonyl (C=O) groups is 1. The molecule has 1 N–H and O–H groups in total. The second kappa shape index (κ2) is 12.2. The molecule has 2 aromatic heterocycles. The van der Waals surface area contributed by atoms with E-state index in [0.717, 1.165) is 22.6 Å². The number of hydrazone groups is 1. The lowest BCUT2D eigenvalue weighted by Gasteiger charge is -2.10. The van der Waals surface area contributed by atoms with Gasteiger partial charge in [-0.15, -0.1) is 10.2 Å². The van der Waals surface area contributed by atoms with Crippen molar-refractivity contribution in [1.82, 2.24) is 25.2 Å². The molecule has 0 unspecified atom stereocenters. The Morgan fingerprint density at radius 2 is 1.71 bits per heavy atom. The number of para-hydroxylation sites is 1. The number of benzene rings is 3. The van der Waals surface area contributed by atoms with E-state index < -0.39 is 0 Å². The minimum absolute atomic E-state index is 0.0938. The van der Waals surface area contributed by atoms with Crippen molar-refractivity contribution in [2.24, 2.45) is 5.10 Å². The van der Waals surface area contributed by atoms with E-state index in [-0.39, 0.29) is 11.7 Å². The van der Waals surface area contributed by atoms with E-state index >= 15 is 0 Å². The van der Waals surface area contributed by atoms with Gasteiger partial charge in [0.2, 0.25) is 0 Å². The number of amides is 1. The van der Waals surface area contributed by atoms with Gasteiger partial charge in [0, 0.05) is 28.7 Å². The van der Waals surface area contributed by atoms with Crippen LogP contribution in [0, 0.1) is 0 Å². The van der Waals surface area contributed by atoms with Crippen LogP contribution in [0.2, 0.25) is 5.02 Å². The molecule has 0 saturated carbocycles. The highest BCUT2D eigenvalue weighted by atomic mass is 35.5. The van der Waals surface area contributed by atoms with E-state index in [0.29, 0.717) is 21.8 Å². The fourth-order valence-electron chi connectivity index (χ4n) is 3.50. The van der Waals surface area contributed by atoms with Crippen molar-refractivity contribution in [3.05, 3.63) is 114 Å². The third-order valence-corrected chi connectivity index (χ3v) is 6.41. The first-order chi connectivity index (χ1) is 18.7. The third kappa shape index (κ3) is 6.44. The number of pyridine rings is 1. The minimum Gasteiger partial charge on any atom is -0.457 e. The minimum atomic E-state index is -0.279. The number of thioether (sulfide) groups is 1. The van der Waals surface area contributed by atoms with E-state index in [1.54, 1.807) is 30.7 Å². The predicted octanol–water partition coefficient (Wildman–Crippen LogP) is 6.02. The highest BCUT2D eigenvalue weighted by molar-refractivity contribution is 7.99. The van der Waals surface area contributed by atoms with E-state index in [1.165, 1.54) is 11.8 Å². The van der Waals surface area contributed by atoms with Crippen LogP contribution in [0.1, 0.15) is 5.56 Å². The molecule has 0 saturated heterocycles. The van der Waals surface area contributed by atoms with Crippen molar-refractivity contribution >= 4 is 35.5 Å². The molecule has 188 valence electrons. The second-order valence-electron chi connectivity index (χ2n) is 7.92. The Morgan fingerprint density at radius 1 is 0.947 bits per heavy atom. The summed E-state index contributed by atoms with van der Waals surface area (Å²) in [7, 11) is 0. The number of aromatic nitrogens is 4. The molecular weight excluding hydrogens is 520 g/mol. The molecule has 0 fully saturated rings. The molecule has 0 spiro atoms. The molecule has 0 atom stereocenters. The van der Waals surface area contributed by atoms with Crippen molar-refractivity contribution in [2.45, 2.75) is 5.16 Å². The van der Waals surface area contributed by atoms with Crippen molar-refractivity contribution in [1.29, 1.82) is 0 Å². The molecule has 5 rings (SSSR count). The van der Waals surface area contributed by atoms with Crippen LogP contribution in [0.3, 0.4) is 0 Å². The van der Waals surface area contributed by atoms with Crippen LogP contribution >= 0.6 is 23.4 Å². The number of nitrogens with zero attached hydrogens (tertiary/aromatic N) is 5. The molecule has 0 aliphatic rings. The van der Waals surface area contributed by atoms with Gasteiger partial charge in [0.15, 0.2) is 11.0 Å². The molecular formula is C28H21ClN6O2S. The number of hydrogen-bond acceptors (Lipinski definition) is 7. The van der Waals surface area contributed by atoms with Crippen LogP contribution in [0.4, 0.5) is 0 Å². The first kappa shape index (κ1) is 25.2. The van der Waals surface area contributed by atoms with Gasteiger partial charge in [-0.05, 0) is 66.2 Å². The Hall–Kier alpha value is -4.47. The van der Waals surface area contributed by atoms with Crippen molar-refractivity contribution in [3.63, 3.8) is 0 Å². The van der Waals surface area contributed by atoms with Gasteiger partial charge in [-0.1, -0.05) is 53.7 Å². The Morgan fingerprint density at radius 3 is 2.50 bits per heavy atom. The lowest BCUT2D eigenvalue weighted by molar-refractivity contribution is -0.118. The van der Waals surface area contributed by atoms with Crippen LogP contribution in [0.5, 0.6) is 11.5 Å². The zero-order valence-corrected chi connectivity index (χ0v) is 21.5. The Bertz CT molecular complexity index is 1540. The van der Waals surface area contributed by atoms with Gasteiger partial charge < -0.3 is 4.74 Å². The maximum atomic E-state index is 12.5. The van der Waals surface area contributed by atoms with Gasteiger partial charge in [0.25, 0.3) is 5.91 Å². The number of nitrogens with one attached hydrogen (secondary N) is 1. The summed E-state index contributed by atoms with van der Waals surface area (Å²) < 4.78 is 7.72. The van der Waals surface area contributed by atoms with Gasteiger partial charge in [-0.2, -0.15) is 5.10 Å². The molecule has 0 aliphatic carbocycles. The van der Waals surface area contributed by atoms with Gasteiger partial charge in [0.1, 0.15) is 11.5 Å². The Balaban J connectivity index is 1.24. The average Bonchev–Trinajstić information content (AvgIpc) is 3.38. The van der Waals surface area contributed by atoms with Crippen LogP contribution < -0.4 is 10.2 Å². The van der Waals surface area contributed by atoms with Crippen molar-refractivity contribution < 1.29 is 9.53 Å². The zero-order valence-electron chi connectivity index (χ0n) is 19.9. The summed E-state index contributed by atoms with van der Waals surface area (Å²) in [5.74, 6) is 1.86. The summed E-state index contributed by atoms with van der Waals surface area (Å²) in [5, 5.41) is 14.0. The highest BCUT2D eigenvalue weighted by Gasteiger charge is 2.17. The Labute approximate surface area is 228 Å². The van der Waals surface area contributed by atoms with E-state index in [4.69, 9.17) is 16.3 Å². The van der Waals surface area contributed by atoms with Gasteiger partial charge in [-0.25, -0.2) is 5.43 Å². The molecule has 0 bridgehead atoms. The number of ether oxygens (including phenoxy) is 1. The van der Waals surface area contributed by atoms with Gasteiger partial charge >= 0.3 is 0 Å². The molecule has 3 aromatic carbocycles. The number of halogens is 1. The molecule has 1 amide bonds. The first-order valence-corrected chi connectivity index (χ1v) is 12.9. The molecule has 2 heterocycles. The van der Waals surface area contributed by atoms with Crippen molar-refractivity contribution in [3.8, 4) is 28.6 Å². The van der Waals surface area contributed by atoms with Crippen LogP contribution in [-0.4, -0.2) is 37.6 Å². The third-order valence-electron chi connectivity index (χ3n) is 5.23. The van der Waals surface area contributed by atoms with Crippen LogP contribution in [-0.2, 0) is 4.79 Å². The largest absolute Gasteiger partial charge is 0.457 e. The monoisotopic (exact) mass is 540 g/mol. The summed E-state index contributed by atoms with van der Waals surface area (Å²) in [6, 6.07) is 28.0.